The van der Waals surface area contributed by atoms with E-state index in [0.717, 1.165) is 5.65 Å². The molecule has 1 radical (unpaired) electrons. The third-order valence-corrected chi connectivity index (χ3v) is 1.88. The summed E-state index contributed by atoms with van der Waals surface area (Å²) < 4.78 is 2.03. The third-order valence-electron chi connectivity index (χ3n) is 1.88. The molecule has 0 spiro atoms. The first-order chi connectivity index (χ1) is 5.29. The highest BCUT2D eigenvalue weighted by Crippen LogP contribution is 2.15. The molecule has 55 valence electrons. The van der Waals surface area contributed by atoms with Gasteiger partial charge in [-0.25, -0.2) is 4.98 Å². The molecule has 0 aliphatic heterocycles. The number of aromatic nitrogens is 2. The monoisotopic (exact) mass is 145 g/mol. The number of nitrogens with zero attached hydrogens (tertiary/aromatic N) is 2. The molecule has 2 nitrogen and oxygen atoms in total. The van der Waals surface area contributed by atoms with Crippen molar-refractivity contribution in [2.75, 3.05) is 0 Å². The van der Waals surface area contributed by atoms with E-state index in [4.69, 9.17) is 0 Å². The first kappa shape index (κ1) is 6.40. The zero-order chi connectivity index (χ0) is 7.84. The third kappa shape index (κ3) is 0.827. The fourth-order valence-corrected chi connectivity index (χ4v) is 1.35. The van der Waals surface area contributed by atoms with Crippen LogP contribution in [-0.4, -0.2) is 9.55 Å². The Labute approximate surface area is 65.5 Å². The molecule has 0 aliphatic rings. The Morgan fingerprint density at radius 2 is 2.36 bits per heavy atom. The van der Waals surface area contributed by atoms with Gasteiger partial charge in [-0.3, -0.25) is 0 Å². The maximum absolute atomic E-state index is 4.21. The second-order valence-corrected chi connectivity index (χ2v) is 2.73. The lowest BCUT2D eigenvalue weighted by Crippen LogP contribution is -1.85. The zero-order valence-corrected chi connectivity index (χ0v) is 6.63. The molecule has 0 aliphatic carbocycles. The van der Waals surface area contributed by atoms with Gasteiger partial charge >= 0.3 is 0 Å². The summed E-state index contributed by atoms with van der Waals surface area (Å²) in [5, 5.41) is 1.19. The molecule has 0 atom stereocenters. The van der Waals surface area contributed by atoms with E-state index in [2.05, 4.69) is 24.2 Å². The van der Waals surface area contributed by atoms with Crippen molar-refractivity contribution < 1.29 is 0 Å². The average molecular weight is 145 g/mol. The summed E-state index contributed by atoms with van der Waals surface area (Å²) in [5.41, 5.74) is 2.29. The summed E-state index contributed by atoms with van der Waals surface area (Å²) in [4.78, 5) is 4.21. The van der Waals surface area contributed by atoms with E-state index in [1.165, 1.54) is 10.9 Å². The van der Waals surface area contributed by atoms with Crippen molar-refractivity contribution in [1.82, 2.24) is 9.55 Å². The molecule has 11 heavy (non-hydrogen) atoms. The Hall–Kier alpha value is -1.31. The number of hydrogen-bond acceptors (Lipinski definition) is 1. The normalized spacial score (nSPS) is 10.7. The largest absolute Gasteiger partial charge is 0.335 e. The topological polar surface area (TPSA) is 17.8 Å². The quantitative estimate of drug-likeness (QED) is 0.551. The van der Waals surface area contributed by atoms with Crippen molar-refractivity contribution in [2.45, 2.75) is 6.92 Å². The number of aryl methyl sites for hydroxylation is 2. The predicted molar refractivity (Wildman–Crippen MR) is 44.3 cm³/mol. The van der Waals surface area contributed by atoms with Gasteiger partial charge in [-0.15, -0.1) is 0 Å². The fraction of sp³-hybridized carbons (Fsp3) is 0.222. The molecule has 2 heterocycles. The second-order valence-electron chi connectivity index (χ2n) is 2.73. The van der Waals surface area contributed by atoms with E-state index in [-0.39, 0.29) is 0 Å². The van der Waals surface area contributed by atoms with Crippen LogP contribution >= 0.6 is 0 Å². The molecule has 0 N–H and O–H groups in total. The van der Waals surface area contributed by atoms with Crippen molar-refractivity contribution in [3.63, 3.8) is 0 Å². The van der Waals surface area contributed by atoms with Gasteiger partial charge in [-0.1, -0.05) is 0 Å². The van der Waals surface area contributed by atoms with Gasteiger partial charge in [-0.05, 0) is 18.6 Å². The van der Waals surface area contributed by atoms with E-state index >= 15 is 0 Å². The number of hydrogen-bond donors (Lipinski definition) is 0. The van der Waals surface area contributed by atoms with Gasteiger partial charge in [0.25, 0.3) is 0 Å². The summed E-state index contributed by atoms with van der Waals surface area (Å²) in [7, 11) is 2.00. The first-order valence-electron chi connectivity index (χ1n) is 3.57. The van der Waals surface area contributed by atoms with Crippen LogP contribution < -0.4 is 0 Å². The highest BCUT2D eigenvalue weighted by atomic mass is 15.0. The lowest BCUT2D eigenvalue weighted by molar-refractivity contribution is 0.944. The molecular weight excluding hydrogens is 136 g/mol. The SMILES string of the molecule is Cc1cn(C)c2nc[c]cc12. The molecule has 0 unspecified atom stereocenters. The zero-order valence-electron chi connectivity index (χ0n) is 6.63. The highest BCUT2D eigenvalue weighted by Gasteiger charge is 2.00. The van der Waals surface area contributed by atoms with Crippen molar-refractivity contribution >= 4 is 11.0 Å². The van der Waals surface area contributed by atoms with Gasteiger partial charge in [-0.2, -0.15) is 0 Å². The Morgan fingerprint density at radius 1 is 1.55 bits per heavy atom. The molecule has 0 amide bonds. The first-order valence-corrected chi connectivity index (χ1v) is 3.57. The molecule has 0 fully saturated rings. The lowest BCUT2D eigenvalue weighted by Gasteiger charge is -1.91. The molecular formula is C9H9N2. The van der Waals surface area contributed by atoms with Gasteiger partial charge in [0.1, 0.15) is 5.65 Å². The van der Waals surface area contributed by atoms with Crippen LogP contribution in [0.25, 0.3) is 11.0 Å². The van der Waals surface area contributed by atoms with Crippen molar-refractivity contribution in [3.05, 3.63) is 30.1 Å². The van der Waals surface area contributed by atoms with Crippen molar-refractivity contribution in [3.8, 4) is 0 Å². The maximum Gasteiger partial charge on any atom is 0.139 e. The van der Waals surface area contributed by atoms with Crippen LogP contribution in [0.2, 0.25) is 0 Å². The standard InChI is InChI=1S/C9H9N2/c1-7-6-11(2)9-8(7)4-3-5-10-9/h4-6H,1-2H3. The minimum atomic E-state index is 1.03. The molecule has 0 bridgehead atoms. The minimum absolute atomic E-state index is 1.03. The van der Waals surface area contributed by atoms with Gasteiger partial charge in [0.05, 0.1) is 0 Å². The summed E-state index contributed by atoms with van der Waals surface area (Å²) in [6.45, 7) is 2.08. The van der Waals surface area contributed by atoms with E-state index in [0.29, 0.717) is 0 Å². The fourth-order valence-electron chi connectivity index (χ4n) is 1.35. The van der Waals surface area contributed by atoms with Gasteiger partial charge in [0.2, 0.25) is 0 Å². The molecule has 2 rings (SSSR count). The Kier molecular flexibility index (Phi) is 1.22. The van der Waals surface area contributed by atoms with E-state index in [1.807, 2.05) is 17.7 Å². The average Bonchev–Trinajstić information content (AvgIpc) is 2.30. The van der Waals surface area contributed by atoms with Gasteiger partial charge < -0.3 is 4.57 Å². The van der Waals surface area contributed by atoms with Crippen LogP contribution in [-0.2, 0) is 7.05 Å². The molecule has 2 heteroatoms. The Morgan fingerprint density at radius 3 is 3.09 bits per heavy atom. The molecule has 0 aromatic carbocycles. The van der Waals surface area contributed by atoms with Gasteiger partial charge in [0.15, 0.2) is 0 Å². The van der Waals surface area contributed by atoms with Crippen LogP contribution in [0.3, 0.4) is 0 Å². The van der Waals surface area contributed by atoms with E-state index in [1.54, 1.807) is 6.20 Å². The van der Waals surface area contributed by atoms with E-state index in [9.17, 15) is 0 Å². The van der Waals surface area contributed by atoms with E-state index < -0.39 is 0 Å². The van der Waals surface area contributed by atoms with Crippen LogP contribution in [0.1, 0.15) is 5.56 Å². The summed E-state index contributed by atoms with van der Waals surface area (Å²) in [5.74, 6) is 0. The molecule has 0 saturated carbocycles. The number of pyridine rings is 1. The number of rotatable bonds is 0. The van der Waals surface area contributed by atoms with Crippen LogP contribution in [0.15, 0.2) is 18.5 Å². The Balaban J connectivity index is 2.95. The molecule has 0 saturated heterocycles. The highest BCUT2D eigenvalue weighted by molar-refractivity contribution is 5.79. The molecule has 2 aromatic heterocycles. The van der Waals surface area contributed by atoms with Crippen LogP contribution in [0.5, 0.6) is 0 Å². The summed E-state index contributed by atoms with van der Waals surface area (Å²) >= 11 is 0. The summed E-state index contributed by atoms with van der Waals surface area (Å²) in [6, 6.07) is 4.94. The summed E-state index contributed by atoms with van der Waals surface area (Å²) in [6.07, 6.45) is 3.77. The van der Waals surface area contributed by atoms with Gasteiger partial charge in [0, 0.05) is 30.9 Å². The minimum Gasteiger partial charge on any atom is -0.335 e. The Bertz CT molecular complexity index is 351. The lowest BCUT2D eigenvalue weighted by atomic mass is 10.2. The maximum atomic E-state index is 4.21. The van der Waals surface area contributed by atoms with Crippen LogP contribution in [0, 0.1) is 13.0 Å². The van der Waals surface area contributed by atoms with Crippen LogP contribution in [0.4, 0.5) is 0 Å². The number of fused-ring (bicyclic) bond motifs is 1. The molecule has 2 aromatic rings. The smallest absolute Gasteiger partial charge is 0.139 e. The predicted octanol–water partition coefficient (Wildman–Crippen LogP) is 1.68. The van der Waals surface area contributed by atoms with Crippen molar-refractivity contribution in [2.24, 2.45) is 7.05 Å². The second kappa shape index (κ2) is 2.09. The van der Waals surface area contributed by atoms with Crippen molar-refractivity contribution in [1.29, 1.82) is 0 Å².